The third-order valence-corrected chi connectivity index (χ3v) is 1.27. The molecule has 0 amide bonds. The molecule has 0 radical (unpaired) electrons. The van der Waals surface area contributed by atoms with Gasteiger partial charge in [0.15, 0.2) is 0 Å². The summed E-state index contributed by atoms with van der Waals surface area (Å²) >= 11 is 0. The minimum absolute atomic E-state index is 0.248. The fourth-order valence-electron chi connectivity index (χ4n) is 0.615. The lowest BCUT2D eigenvalue weighted by Crippen LogP contribution is -2.05. The lowest BCUT2D eigenvalue weighted by atomic mass is 10.4. The van der Waals surface area contributed by atoms with Crippen LogP contribution < -0.4 is 0 Å². The number of ether oxygens (including phenoxy) is 2. The van der Waals surface area contributed by atoms with Crippen molar-refractivity contribution in [3.05, 3.63) is 0 Å². The van der Waals surface area contributed by atoms with Crippen molar-refractivity contribution in [3.8, 4) is 11.8 Å². The Labute approximate surface area is 83.6 Å². The normalized spacial score (nSPS) is 8.43. The standard InChI is InChI=1S/C10H14O4/c1-3-5-8-14-10(12)7-6-9(11)13-4-2/h3-5,8H2,1-2H3. The van der Waals surface area contributed by atoms with Crippen LogP contribution in [0.15, 0.2) is 0 Å². The third-order valence-electron chi connectivity index (χ3n) is 1.27. The van der Waals surface area contributed by atoms with E-state index < -0.39 is 11.9 Å². The average Bonchev–Trinajstić information content (AvgIpc) is 2.16. The van der Waals surface area contributed by atoms with Crippen molar-refractivity contribution in [2.75, 3.05) is 13.2 Å². The molecule has 0 N–H and O–H groups in total. The molecule has 0 spiro atoms. The van der Waals surface area contributed by atoms with Crippen LogP contribution in [-0.2, 0) is 19.1 Å². The smallest absolute Gasteiger partial charge is 0.384 e. The van der Waals surface area contributed by atoms with Crippen LogP contribution in [0.3, 0.4) is 0 Å². The summed E-state index contributed by atoms with van der Waals surface area (Å²) in [5.41, 5.74) is 0. The van der Waals surface area contributed by atoms with Crippen LogP contribution in [0.2, 0.25) is 0 Å². The molecule has 0 aromatic carbocycles. The topological polar surface area (TPSA) is 52.6 Å². The molecule has 14 heavy (non-hydrogen) atoms. The van der Waals surface area contributed by atoms with Gasteiger partial charge >= 0.3 is 11.9 Å². The highest BCUT2D eigenvalue weighted by atomic mass is 16.5. The van der Waals surface area contributed by atoms with E-state index in [0.717, 1.165) is 12.8 Å². The molecule has 4 nitrogen and oxygen atoms in total. The summed E-state index contributed by atoms with van der Waals surface area (Å²) in [4.78, 5) is 21.5. The number of carbonyl (C=O) groups excluding carboxylic acids is 2. The highest BCUT2D eigenvalue weighted by Gasteiger charge is 1.98. The van der Waals surface area contributed by atoms with E-state index in [0.29, 0.717) is 6.61 Å². The lowest BCUT2D eigenvalue weighted by Gasteiger charge is -1.96. The Bertz CT molecular complexity index is 247. The van der Waals surface area contributed by atoms with Gasteiger partial charge in [-0.05, 0) is 13.3 Å². The minimum atomic E-state index is -0.708. The summed E-state index contributed by atoms with van der Waals surface area (Å²) in [5, 5.41) is 0. The van der Waals surface area contributed by atoms with E-state index in [2.05, 4.69) is 4.74 Å². The van der Waals surface area contributed by atoms with Gasteiger partial charge in [0.05, 0.1) is 13.2 Å². The summed E-state index contributed by atoms with van der Waals surface area (Å²) in [6.07, 6.45) is 1.74. The largest absolute Gasteiger partial charge is 0.456 e. The first kappa shape index (κ1) is 12.5. The molecule has 0 heterocycles. The van der Waals surface area contributed by atoms with Crippen LogP contribution in [0.1, 0.15) is 26.7 Å². The van der Waals surface area contributed by atoms with Crippen molar-refractivity contribution in [3.63, 3.8) is 0 Å². The van der Waals surface area contributed by atoms with Crippen molar-refractivity contribution in [1.82, 2.24) is 0 Å². The zero-order valence-electron chi connectivity index (χ0n) is 8.46. The SMILES string of the molecule is CCCCOC(=O)C#CC(=O)OCC. The fraction of sp³-hybridized carbons (Fsp3) is 0.600. The first-order chi connectivity index (χ1) is 6.70. The molecule has 0 rings (SSSR count). The average molecular weight is 198 g/mol. The van der Waals surface area contributed by atoms with Gasteiger partial charge in [0.2, 0.25) is 0 Å². The molecule has 0 aliphatic heterocycles. The molecule has 0 aliphatic rings. The second-order valence-electron chi connectivity index (χ2n) is 2.46. The fourth-order valence-corrected chi connectivity index (χ4v) is 0.615. The predicted molar refractivity (Wildman–Crippen MR) is 50.3 cm³/mol. The van der Waals surface area contributed by atoms with Gasteiger partial charge in [-0.1, -0.05) is 13.3 Å². The molecule has 0 fully saturated rings. The van der Waals surface area contributed by atoms with Crippen molar-refractivity contribution >= 4 is 11.9 Å². The van der Waals surface area contributed by atoms with Crippen molar-refractivity contribution in [1.29, 1.82) is 0 Å². The van der Waals surface area contributed by atoms with Crippen molar-refractivity contribution < 1.29 is 19.1 Å². The maximum absolute atomic E-state index is 10.8. The van der Waals surface area contributed by atoms with E-state index >= 15 is 0 Å². The Morgan fingerprint density at radius 2 is 1.64 bits per heavy atom. The number of hydrogen-bond acceptors (Lipinski definition) is 4. The summed E-state index contributed by atoms with van der Waals surface area (Å²) in [5.74, 6) is 2.67. The summed E-state index contributed by atoms with van der Waals surface area (Å²) in [6, 6.07) is 0. The van der Waals surface area contributed by atoms with Gasteiger partial charge < -0.3 is 9.47 Å². The molecule has 0 atom stereocenters. The van der Waals surface area contributed by atoms with Gasteiger partial charge in [0, 0.05) is 11.8 Å². The predicted octanol–water partition coefficient (Wildman–Crippen LogP) is 0.896. The number of esters is 2. The molecule has 4 heteroatoms. The number of carbonyl (C=O) groups is 2. The first-order valence-electron chi connectivity index (χ1n) is 4.56. The lowest BCUT2D eigenvalue weighted by molar-refractivity contribution is -0.138. The molecule has 0 aromatic rings. The maximum atomic E-state index is 10.8. The van der Waals surface area contributed by atoms with E-state index in [4.69, 9.17) is 4.74 Å². The second kappa shape index (κ2) is 8.11. The zero-order valence-corrected chi connectivity index (χ0v) is 8.46. The van der Waals surface area contributed by atoms with Gasteiger partial charge in [0.25, 0.3) is 0 Å². The Balaban J connectivity index is 3.74. The quantitative estimate of drug-likeness (QED) is 0.291. The van der Waals surface area contributed by atoms with Gasteiger partial charge in [0.1, 0.15) is 0 Å². The molecule has 0 aliphatic carbocycles. The van der Waals surface area contributed by atoms with Gasteiger partial charge in [-0.25, -0.2) is 9.59 Å². The summed E-state index contributed by atoms with van der Waals surface area (Å²) in [7, 11) is 0. The third kappa shape index (κ3) is 7.17. The maximum Gasteiger partial charge on any atom is 0.384 e. The van der Waals surface area contributed by atoms with Crippen LogP contribution in [0, 0.1) is 11.8 Å². The molecule has 78 valence electrons. The van der Waals surface area contributed by atoms with E-state index in [1.165, 1.54) is 0 Å². The summed E-state index contributed by atoms with van der Waals surface area (Å²) in [6.45, 7) is 4.24. The molecule has 0 saturated heterocycles. The van der Waals surface area contributed by atoms with Crippen molar-refractivity contribution in [2.24, 2.45) is 0 Å². The van der Waals surface area contributed by atoms with E-state index in [9.17, 15) is 9.59 Å². The number of unbranched alkanes of at least 4 members (excludes halogenated alkanes) is 1. The monoisotopic (exact) mass is 198 g/mol. The van der Waals surface area contributed by atoms with Crippen LogP contribution in [0.5, 0.6) is 0 Å². The van der Waals surface area contributed by atoms with Crippen LogP contribution in [-0.4, -0.2) is 25.2 Å². The summed E-state index contributed by atoms with van der Waals surface area (Å²) < 4.78 is 9.19. The molecular weight excluding hydrogens is 184 g/mol. The number of hydrogen-bond donors (Lipinski definition) is 0. The van der Waals surface area contributed by atoms with Gasteiger partial charge in [-0.2, -0.15) is 0 Å². The molecule has 0 unspecified atom stereocenters. The van der Waals surface area contributed by atoms with E-state index in [1.807, 2.05) is 18.8 Å². The molecule has 0 bridgehead atoms. The van der Waals surface area contributed by atoms with Crippen LogP contribution >= 0.6 is 0 Å². The molecular formula is C10H14O4. The Kier molecular flexibility index (Phi) is 7.24. The Morgan fingerprint density at radius 3 is 2.14 bits per heavy atom. The molecule has 0 saturated carbocycles. The minimum Gasteiger partial charge on any atom is -0.456 e. The zero-order chi connectivity index (χ0) is 10.8. The van der Waals surface area contributed by atoms with Gasteiger partial charge in [-0.3, -0.25) is 0 Å². The Morgan fingerprint density at radius 1 is 1.07 bits per heavy atom. The number of rotatable bonds is 4. The van der Waals surface area contributed by atoms with Gasteiger partial charge in [-0.15, -0.1) is 0 Å². The van der Waals surface area contributed by atoms with Crippen LogP contribution in [0.4, 0.5) is 0 Å². The highest BCUT2D eigenvalue weighted by Crippen LogP contribution is 1.87. The molecule has 0 aromatic heterocycles. The van der Waals surface area contributed by atoms with Crippen LogP contribution in [0.25, 0.3) is 0 Å². The van der Waals surface area contributed by atoms with E-state index in [1.54, 1.807) is 6.92 Å². The Hall–Kier alpha value is -1.50. The first-order valence-corrected chi connectivity index (χ1v) is 4.56. The highest BCUT2D eigenvalue weighted by molar-refractivity contribution is 5.98. The second-order valence-corrected chi connectivity index (χ2v) is 2.46. The van der Waals surface area contributed by atoms with E-state index in [-0.39, 0.29) is 6.61 Å². The van der Waals surface area contributed by atoms with Crippen molar-refractivity contribution in [2.45, 2.75) is 26.7 Å².